The van der Waals surface area contributed by atoms with Gasteiger partial charge in [0, 0.05) is 29.0 Å². The second-order valence-corrected chi connectivity index (χ2v) is 6.66. The number of thiazole rings is 1. The van der Waals surface area contributed by atoms with Gasteiger partial charge in [-0.05, 0) is 19.9 Å². The van der Waals surface area contributed by atoms with E-state index in [1.807, 2.05) is 49.7 Å². The van der Waals surface area contributed by atoms with Gasteiger partial charge in [-0.2, -0.15) is 0 Å². The topological polar surface area (TPSA) is 73.2 Å². The van der Waals surface area contributed by atoms with Gasteiger partial charge in [0.05, 0.1) is 11.3 Å². The van der Waals surface area contributed by atoms with Gasteiger partial charge in [0.15, 0.2) is 11.7 Å². The van der Waals surface area contributed by atoms with Crippen molar-refractivity contribution in [3.05, 3.63) is 46.6 Å². The third-order valence-electron chi connectivity index (χ3n) is 3.73. The van der Waals surface area contributed by atoms with E-state index < -0.39 is 11.9 Å². The Morgan fingerprint density at radius 2 is 2.04 bits per heavy atom. The Morgan fingerprint density at radius 1 is 1.29 bits per heavy atom. The summed E-state index contributed by atoms with van der Waals surface area (Å²) < 4.78 is 6.99. The lowest BCUT2D eigenvalue weighted by Gasteiger charge is -2.04. The first-order chi connectivity index (χ1) is 11.5. The highest BCUT2D eigenvalue weighted by Gasteiger charge is 2.17. The van der Waals surface area contributed by atoms with Crippen molar-refractivity contribution in [2.75, 3.05) is 11.9 Å². The number of carbonyl (C=O) groups excluding carboxylic acids is 2. The molecule has 0 aliphatic heterocycles. The molecule has 1 amide bonds. The van der Waals surface area contributed by atoms with Gasteiger partial charge in [0.25, 0.3) is 5.91 Å². The molecular weight excluding hydrogens is 326 g/mol. The molecule has 1 N–H and O–H groups in total. The number of anilines is 1. The standard InChI is InChI=1S/C17H17N3O3S/c1-10-11(2)24-17(18-10)19-15(21)9-23-16(22)13-8-20(3)14-7-5-4-6-12(13)14/h4-8H,9H2,1-3H3,(H,18,19,21). The van der Waals surface area contributed by atoms with Crippen LogP contribution in [0.4, 0.5) is 5.13 Å². The third-order valence-corrected chi connectivity index (χ3v) is 4.71. The number of nitrogens with zero attached hydrogens (tertiary/aromatic N) is 2. The first kappa shape index (κ1) is 16.2. The SMILES string of the molecule is Cc1nc(NC(=O)COC(=O)c2cn(C)c3ccccc23)sc1C. The number of para-hydroxylation sites is 1. The van der Waals surface area contributed by atoms with Crippen LogP contribution in [0.15, 0.2) is 30.5 Å². The van der Waals surface area contributed by atoms with Gasteiger partial charge in [-0.1, -0.05) is 18.2 Å². The van der Waals surface area contributed by atoms with Crippen LogP contribution in [-0.2, 0) is 16.6 Å². The third kappa shape index (κ3) is 3.16. The van der Waals surface area contributed by atoms with Crippen LogP contribution in [0.3, 0.4) is 0 Å². The molecule has 2 heterocycles. The quantitative estimate of drug-likeness (QED) is 0.739. The molecule has 0 saturated carbocycles. The zero-order chi connectivity index (χ0) is 17.3. The lowest BCUT2D eigenvalue weighted by Crippen LogP contribution is -2.20. The molecule has 0 fully saturated rings. The molecule has 0 radical (unpaired) electrons. The van der Waals surface area contributed by atoms with Crippen molar-refractivity contribution in [2.45, 2.75) is 13.8 Å². The van der Waals surface area contributed by atoms with E-state index >= 15 is 0 Å². The molecule has 0 unspecified atom stereocenters. The molecule has 3 aromatic rings. The Kier molecular flexibility index (Phi) is 4.35. The molecule has 0 aliphatic carbocycles. The van der Waals surface area contributed by atoms with Crippen LogP contribution in [0.1, 0.15) is 20.9 Å². The molecule has 2 aromatic heterocycles. The van der Waals surface area contributed by atoms with E-state index in [4.69, 9.17) is 4.74 Å². The van der Waals surface area contributed by atoms with Crippen LogP contribution >= 0.6 is 11.3 Å². The van der Waals surface area contributed by atoms with Crippen LogP contribution < -0.4 is 5.32 Å². The summed E-state index contributed by atoms with van der Waals surface area (Å²) in [5, 5.41) is 3.95. The number of nitrogens with one attached hydrogen (secondary N) is 1. The Morgan fingerprint density at radius 3 is 2.75 bits per heavy atom. The molecular formula is C17H17N3O3S. The molecule has 0 aliphatic rings. The summed E-state index contributed by atoms with van der Waals surface area (Å²) in [6.45, 7) is 3.46. The molecule has 0 saturated heterocycles. The van der Waals surface area contributed by atoms with Crippen LogP contribution in [-0.4, -0.2) is 28.0 Å². The number of amides is 1. The second-order valence-electron chi connectivity index (χ2n) is 5.46. The second kappa shape index (κ2) is 6.45. The molecule has 3 rings (SSSR count). The van der Waals surface area contributed by atoms with Gasteiger partial charge in [-0.3, -0.25) is 10.1 Å². The highest BCUT2D eigenvalue weighted by Crippen LogP contribution is 2.22. The zero-order valence-corrected chi connectivity index (χ0v) is 14.4. The summed E-state index contributed by atoms with van der Waals surface area (Å²) in [4.78, 5) is 29.4. The lowest BCUT2D eigenvalue weighted by molar-refractivity contribution is -0.119. The minimum Gasteiger partial charge on any atom is -0.452 e. The van der Waals surface area contributed by atoms with E-state index in [0.717, 1.165) is 21.5 Å². The van der Waals surface area contributed by atoms with E-state index in [2.05, 4.69) is 10.3 Å². The molecule has 6 nitrogen and oxygen atoms in total. The lowest BCUT2D eigenvalue weighted by atomic mass is 10.2. The molecule has 0 atom stereocenters. The summed E-state index contributed by atoms with van der Waals surface area (Å²) >= 11 is 1.39. The van der Waals surface area contributed by atoms with Crippen LogP contribution in [0, 0.1) is 13.8 Å². The van der Waals surface area contributed by atoms with Gasteiger partial charge < -0.3 is 9.30 Å². The highest BCUT2D eigenvalue weighted by molar-refractivity contribution is 7.15. The zero-order valence-electron chi connectivity index (χ0n) is 13.6. The summed E-state index contributed by atoms with van der Waals surface area (Å²) in [6.07, 6.45) is 1.71. The van der Waals surface area contributed by atoms with Crippen molar-refractivity contribution in [3.63, 3.8) is 0 Å². The maximum Gasteiger partial charge on any atom is 0.340 e. The number of rotatable bonds is 4. The number of fused-ring (bicyclic) bond motifs is 1. The van der Waals surface area contributed by atoms with Crippen LogP contribution in [0.5, 0.6) is 0 Å². The molecule has 124 valence electrons. The average molecular weight is 343 g/mol. The van der Waals surface area contributed by atoms with Gasteiger partial charge in [0.1, 0.15) is 0 Å². The number of hydrogen-bond acceptors (Lipinski definition) is 5. The number of hydrogen-bond donors (Lipinski definition) is 1. The number of esters is 1. The number of aromatic nitrogens is 2. The fourth-order valence-corrected chi connectivity index (χ4v) is 3.23. The molecule has 24 heavy (non-hydrogen) atoms. The van der Waals surface area contributed by atoms with Crippen molar-refractivity contribution in [3.8, 4) is 0 Å². The Hall–Kier alpha value is -2.67. The maximum absolute atomic E-state index is 12.3. The smallest absolute Gasteiger partial charge is 0.340 e. The fourth-order valence-electron chi connectivity index (χ4n) is 2.39. The molecule has 1 aromatic carbocycles. The van der Waals surface area contributed by atoms with Gasteiger partial charge in [0.2, 0.25) is 0 Å². The Labute approximate surface area is 143 Å². The van der Waals surface area contributed by atoms with E-state index in [0.29, 0.717) is 10.7 Å². The first-order valence-electron chi connectivity index (χ1n) is 7.41. The normalized spacial score (nSPS) is 10.8. The number of benzene rings is 1. The predicted octanol–water partition coefficient (Wildman–Crippen LogP) is 3.05. The molecule has 0 spiro atoms. The van der Waals surface area contributed by atoms with Crippen molar-refractivity contribution < 1.29 is 14.3 Å². The van der Waals surface area contributed by atoms with Crippen molar-refractivity contribution in [1.82, 2.24) is 9.55 Å². The van der Waals surface area contributed by atoms with Gasteiger partial charge >= 0.3 is 5.97 Å². The number of ether oxygens (including phenoxy) is 1. The summed E-state index contributed by atoms with van der Waals surface area (Å²) in [6, 6.07) is 7.54. The largest absolute Gasteiger partial charge is 0.452 e. The van der Waals surface area contributed by atoms with E-state index in [9.17, 15) is 9.59 Å². The predicted molar refractivity (Wildman–Crippen MR) is 93.4 cm³/mol. The molecule has 0 bridgehead atoms. The fraction of sp³-hybridized carbons (Fsp3) is 0.235. The maximum atomic E-state index is 12.3. The van der Waals surface area contributed by atoms with E-state index in [1.165, 1.54) is 11.3 Å². The van der Waals surface area contributed by atoms with Gasteiger partial charge in [-0.25, -0.2) is 9.78 Å². The van der Waals surface area contributed by atoms with Crippen LogP contribution in [0.2, 0.25) is 0 Å². The number of carbonyl (C=O) groups is 2. The van der Waals surface area contributed by atoms with Crippen molar-refractivity contribution >= 4 is 39.2 Å². The summed E-state index contributed by atoms with van der Waals surface area (Å²) in [7, 11) is 1.86. The summed E-state index contributed by atoms with van der Waals surface area (Å²) in [5.41, 5.74) is 2.26. The minimum atomic E-state index is -0.520. The van der Waals surface area contributed by atoms with E-state index in [1.54, 1.807) is 6.20 Å². The average Bonchev–Trinajstić information content (AvgIpc) is 3.05. The van der Waals surface area contributed by atoms with Crippen LogP contribution in [0.25, 0.3) is 10.9 Å². The number of aryl methyl sites for hydroxylation is 3. The summed E-state index contributed by atoms with van der Waals surface area (Å²) in [5.74, 6) is -0.925. The first-order valence-corrected chi connectivity index (χ1v) is 8.22. The van der Waals surface area contributed by atoms with Crippen molar-refractivity contribution in [2.24, 2.45) is 7.05 Å². The molecule has 7 heteroatoms. The monoisotopic (exact) mass is 343 g/mol. The Bertz CT molecular complexity index is 907. The minimum absolute atomic E-state index is 0.347. The van der Waals surface area contributed by atoms with Gasteiger partial charge in [-0.15, -0.1) is 11.3 Å². The van der Waals surface area contributed by atoms with Crippen molar-refractivity contribution in [1.29, 1.82) is 0 Å². The highest BCUT2D eigenvalue weighted by atomic mass is 32.1. The Balaban J connectivity index is 1.65. The van der Waals surface area contributed by atoms with E-state index in [-0.39, 0.29) is 6.61 Å².